The van der Waals surface area contributed by atoms with Crippen molar-refractivity contribution in [1.82, 2.24) is 24.5 Å². The lowest BCUT2D eigenvalue weighted by Gasteiger charge is -2.10. The predicted octanol–water partition coefficient (Wildman–Crippen LogP) is 2.69. The Morgan fingerprint density at radius 1 is 1.03 bits per heavy atom. The number of nitrogens with one attached hydrogen (secondary N) is 2. The van der Waals surface area contributed by atoms with Crippen molar-refractivity contribution in [2.24, 2.45) is 0 Å². The van der Waals surface area contributed by atoms with Crippen LogP contribution >= 0.6 is 0 Å². The summed E-state index contributed by atoms with van der Waals surface area (Å²) in [5, 5.41) is 7.31. The van der Waals surface area contributed by atoms with E-state index in [0.29, 0.717) is 11.6 Å². The van der Waals surface area contributed by atoms with E-state index in [1.54, 1.807) is 10.7 Å². The van der Waals surface area contributed by atoms with Crippen LogP contribution in [0.4, 0.5) is 19.0 Å². The summed E-state index contributed by atoms with van der Waals surface area (Å²) in [5.41, 5.74) is 0.838. The zero-order chi connectivity index (χ0) is 21.9. The van der Waals surface area contributed by atoms with E-state index in [-0.39, 0.29) is 18.0 Å². The van der Waals surface area contributed by atoms with Crippen molar-refractivity contribution >= 4 is 15.8 Å². The summed E-state index contributed by atoms with van der Waals surface area (Å²) < 4.78 is 66.2. The molecule has 0 saturated carbocycles. The highest BCUT2D eigenvalue weighted by Gasteiger charge is 2.30. The van der Waals surface area contributed by atoms with Crippen LogP contribution in [0.25, 0.3) is 5.82 Å². The van der Waals surface area contributed by atoms with Crippen LogP contribution in [0.2, 0.25) is 0 Å². The van der Waals surface area contributed by atoms with Gasteiger partial charge in [-0.2, -0.15) is 18.3 Å². The SMILES string of the molecule is Cc1cc(C)n(-c2cc(NCCNS(=O)(=O)c3ccc(C(F)(F)F)cc3)ncn2)n1. The molecule has 0 saturated heterocycles. The van der Waals surface area contributed by atoms with Gasteiger partial charge < -0.3 is 5.32 Å². The average molecular weight is 440 g/mol. The van der Waals surface area contributed by atoms with E-state index in [1.807, 2.05) is 19.9 Å². The molecule has 0 fully saturated rings. The van der Waals surface area contributed by atoms with Crippen molar-refractivity contribution in [1.29, 1.82) is 0 Å². The van der Waals surface area contributed by atoms with Crippen molar-refractivity contribution in [3.8, 4) is 5.82 Å². The summed E-state index contributed by atoms with van der Waals surface area (Å²) in [6, 6.07) is 6.88. The minimum atomic E-state index is -4.52. The molecule has 0 aliphatic heterocycles. The molecule has 30 heavy (non-hydrogen) atoms. The molecule has 3 rings (SSSR count). The molecule has 0 aliphatic carbocycles. The number of nitrogens with zero attached hydrogens (tertiary/aromatic N) is 4. The second-order valence-corrected chi connectivity index (χ2v) is 8.21. The van der Waals surface area contributed by atoms with Crippen molar-refractivity contribution in [2.75, 3.05) is 18.4 Å². The van der Waals surface area contributed by atoms with Gasteiger partial charge in [0.1, 0.15) is 12.1 Å². The van der Waals surface area contributed by atoms with E-state index in [9.17, 15) is 21.6 Å². The maximum Gasteiger partial charge on any atom is 0.416 e. The molecular weight excluding hydrogens is 421 g/mol. The number of benzene rings is 1. The molecule has 2 heterocycles. The van der Waals surface area contributed by atoms with Crippen LogP contribution in [0.5, 0.6) is 0 Å². The van der Waals surface area contributed by atoms with E-state index < -0.39 is 21.8 Å². The Kier molecular flexibility index (Phi) is 6.08. The van der Waals surface area contributed by atoms with E-state index in [0.717, 1.165) is 35.7 Å². The Morgan fingerprint density at radius 2 is 1.73 bits per heavy atom. The van der Waals surface area contributed by atoms with Crippen LogP contribution < -0.4 is 10.0 Å². The molecule has 0 amide bonds. The molecule has 0 unspecified atom stereocenters. The fourth-order valence-corrected chi connectivity index (χ4v) is 3.73. The Bertz CT molecular complexity index is 1130. The summed E-state index contributed by atoms with van der Waals surface area (Å²) in [4.78, 5) is 8.01. The largest absolute Gasteiger partial charge is 0.416 e. The number of halogens is 3. The first kappa shape index (κ1) is 21.7. The minimum Gasteiger partial charge on any atom is -0.369 e. The fraction of sp³-hybridized carbons (Fsp3) is 0.278. The van der Waals surface area contributed by atoms with Gasteiger partial charge in [0.2, 0.25) is 10.0 Å². The first-order chi connectivity index (χ1) is 14.1. The van der Waals surface area contributed by atoms with Crippen molar-refractivity contribution in [2.45, 2.75) is 24.9 Å². The molecule has 3 aromatic rings. The van der Waals surface area contributed by atoms with Gasteiger partial charge in [0.05, 0.1) is 16.2 Å². The fourth-order valence-electron chi connectivity index (χ4n) is 2.70. The molecule has 0 aliphatic rings. The molecule has 1 aromatic carbocycles. The number of alkyl halides is 3. The first-order valence-electron chi connectivity index (χ1n) is 8.83. The smallest absolute Gasteiger partial charge is 0.369 e. The summed E-state index contributed by atoms with van der Waals surface area (Å²) in [6.07, 6.45) is -3.16. The maximum atomic E-state index is 12.6. The zero-order valence-corrected chi connectivity index (χ0v) is 16.9. The van der Waals surface area contributed by atoms with Crippen LogP contribution in [-0.4, -0.2) is 41.3 Å². The number of hydrogen-bond donors (Lipinski definition) is 2. The van der Waals surface area contributed by atoms with Gasteiger partial charge in [0.25, 0.3) is 0 Å². The number of rotatable bonds is 7. The average Bonchev–Trinajstić information content (AvgIpc) is 3.03. The minimum absolute atomic E-state index is 0.00258. The normalized spacial score (nSPS) is 12.2. The highest BCUT2D eigenvalue weighted by molar-refractivity contribution is 7.89. The third-order valence-corrected chi connectivity index (χ3v) is 5.57. The van der Waals surface area contributed by atoms with Gasteiger partial charge in [-0.25, -0.2) is 27.8 Å². The van der Waals surface area contributed by atoms with Gasteiger partial charge in [0, 0.05) is 24.8 Å². The summed E-state index contributed by atoms with van der Waals surface area (Å²) in [7, 11) is -3.94. The summed E-state index contributed by atoms with van der Waals surface area (Å²) in [5.74, 6) is 1.03. The Balaban J connectivity index is 1.58. The highest BCUT2D eigenvalue weighted by Crippen LogP contribution is 2.29. The lowest BCUT2D eigenvalue weighted by molar-refractivity contribution is -0.137. The number of hydrogen-bond acceptors (Lipinski definition) is 6. The molecule has 0 spiro atoms. The van der Waals surface area contributed by atoms with Crippen LogP contribution in [-0.2, 0) is 16.2 Å². The quantitative estimate of drug-likeness (QED) is 0.548. The van der Waals surface area contributed by atoms with Gasteiger partial charge in [0.15, 0.2) is 5.82 Å². The number of sulfonamides is 1. The standard InChI is InChI=1S/C18H19F3N6O2S/c1-12-9-13(2)27(26-12)17-10-16(23-11-24-17)22-7-8-25-30(28,29)15-5-3-14(4-6-15)18(19,20)21/h3-6,9-11,25H,7-8H2,1-2H3,(H,22,23,24). The number of aromatic nitrogens is 4. The molecular formula is C18H19F3N6O2S. The molecule has 8 nitrogen and oxygen atoms in total. The van der Waals surface area contributed by atoms with E-state index in [1.165, 1.54) is 6.33 Å². The van der Waals surface area contributed by atoms with Crippen LogP contribution in [0.3, 0.4) is 0 Å². The molecule has 2 aromatic heterocycles. The van der Waals surface area contributed by atoms with Gasteiger partial charge in [-0.15, -0.1) is 0 Å². The Morgan fingerprint density at radius 3 is 2.33 bits per heavy atom. The summed E-state index contributed by atoms with van der Waals surface area (Å²) in [6.45, 7) is 3.97. The predicted molar refractivity (Wildman–Crippen MR) is 104 cm³/mol. The van der Waals surface area contributed by atoms with Crippen LogP contribution in [0.15, 0.2) is 47.6 Å². The molecule has 12 heteroatoms. The maximum absolute atomic E-state index is 12.6. The third-order valence-electron chi connectivity index (χ3n) is 4.09. The topological polar surface area (TPSA) is 102 Å². The highest BCUT2D eigenvalue weighted by atomic mass is 32.2. The molecule has 0 bridgehead atoms. The van der Waals surface area contributed by atoms with E-state index in [2.05, 4.69) is 25.1 Å². The van der Waals surface area contributed by atoms with Gasteiger partial charge in [-0.3, -0.25) is 0 Å². The molecule has 0 radical (unpaired) electrons. The summed E-state index contributed by atoms with van der Waals surface area (Å²) >= 11 is 0. The van der Waals surface area contributed by atoms with E-state index >= 15 is 0 Å². The van der Waals surface area contributed by atoms with Crippen molar-refractivity contribution < 1.29 is 21.6 Å². The first-order valence-corrected chi connectivity index (χ1v) is 10.3. The van der Waals surface area contributed by atoms with E-state index in [4.69, 9.17) is 0 Å². The number of aryl methyl sites for hydroxylation is 2. The van der Waals surface area contributed by atoms with Crippen LogP contribution in [0, 0.1) is 13.8 Å². The van der Waals surface area contributed by atoms with Crippen molar-refractivity contribution in [3.63, 3.8) is 0 Å². The monoisotopic (exact) mass is 440 g/mol. The van der Waals surface area contributed by atoms with Crippen molar-refractivity contribution in [3.05, 3.63) is 59.7 Å². The zero-order valence-electron chi connectivity index (χ0n) is 16.1. The molecule has 0 atom stereocenters. The second-order valence-electron chi connectivity index (χ2n) is 6.45. The molecule has 160 valence electrons. The lowest BCUT2D eigenvalue weighted by atomic mass is 10.2. The van der Waals surface area contributed by atoms with Gasteiger partial charge in [-0.05, 0) is 44.2 Å². The second kappa shape index (κ2) is 8.40. The molecule has 2 N–H and O–H groups in total. The Labute approximate surface area is 171 Å². The lowest BCUT2D eigenvalue weighted by Crippen LogP contribution is -2.29. The van der Waals surface area contributed by atoms with Crippen LogP contribution in [0.1, 0.15) is 17.0 Å². The number of anilines is 1. The van der Waals surface area contributed by atoms with Gasteiger partial charge >= 0.3 is 6.18 Å². The Hall–Kier alpha value is -2.99. The third kappa shape index (κ3) is 5.13. The van der Waals surface area contributed by atoms with Gasteiger partial charge in [-0.1, -0.05) is 0 Å².